The van der Waals surface area contributed by atoms with Crippen LogP contribution in [-0.4, -0.2) is 68.7 Å². The number of fused-ring (bicyclic) bond motifs is 2. The normalized spacial score (nSPS) is 16.6. The quantitative estimate of drug-likeness (QED) is 0.151. The zero-order valence-corrected chi connectivity index (χ0v) is 29.3. The van der Waals surface area contributed by atoms with E-state index < -0.39 is 35.9 Å². The second-order valence-electron chi connectivity index (χ2n) is 13.3. The van der Waals surface area contributed by atoms with Crippen molar-refractivity contribution in [3.8, 4) is 0 Å². The third-order valence-corrected chi connectivity index (χ3v) is 9.81. The second kappa shape index (κ2) is 16.2. The lowest BCUT2D eigenvalue weighted by atomic mass is 10.0. The van der Waals surface area contributed by atoms with E-state index in [4.69, 9.17) is 9.47 Å². The van der Waals surface area contributed by atoms with Gasteiger partial charge in [0.25, 0.3) is 0 Å². The second-order valence-corrected chi connectivity index (χ2v) is 13.3. The first-order chi connectivity index (χ1) is 26.3. The third-order valence-electron chi connectivity index (χ3n) is 9.81. The van der Waals surface area contributed by atoms with Crippen LogP contribution in [0.2, 0.25) is 0 Å². The molecule has 0 bridgehead atoms. The number of ether oxygens (including phenoxy) is 2. The van der Waals surface area contributed by atoms with Gasteiger partial charge in [0.05, 0.1) is 12.1 Å². The first kappa shape index (κ1) is 36.1. The number of Topliss-reactive ketones (excluding diaryl/α,β-unsaturated/α-hetero) is 2. The highest BCUT2D eigenvalue weighted by molar-refractivity contribution is 6.12. The van der Waals surface area contributed by atoms with Gasteiger partial charge in [0, 0.05) is 58.4 Å². The number of amides is 2. The Hall–Kier alpha value is -6.30. The Bertz CT molecular complexity index is 2130. The summed E-state index contributed by atoms with van der Waals surface area (Å²) in [6.07, 6.45) is 4.77. The van der Waals surface area contributed by atoms with Crippen LogP contribution in [0, 0.1) is 11.6 Å². The number of carbonyl (C=O) groups excluding carboxylic acids is 4. The fourth-order valence-electron chi connectivity index (χ4n) is 7.07. The van der Waals surface area contributed by atoms with E-state index >= 15 is 0 Å². The number of halogens is 2. The maximum absolute atomic E-state index is 13.6. The van der Waals surface area contributed by atoms with E-state index in [-0.39, 0.29) is 24.8 Å². The summed E-state index contributed by atoms with van der Waals surface area (Å²) in [6.45, 7) is 1.27. The number of H-pyrrole nitrogens is 2. The van der Waals surface area contributed by atoms with Crippen LogP contribution in [-0.2, 0) is 22.7 Å². The Labute approximate surface area is 309 Å². The molecule has 2 saturated heterocycles. The molecular formula is C42H38F2N4O6. The standard InChI is InChI=1S/2C21H19FN2O3/c2*22-15-8-9-18-16(11-15)17(12-23-18)20(25)19-7-4-10-24(19)21(26)27-13-14-5-2-1-3-6-14/h2*1-3,5-6,8-9,11-12,19,23H,4,7,10,13H2/t2*19-/m11/s1. The summed E-state index contributed by atoms with van der Waals surface area (Å²) in [5, 5.41) is 1.06. The molecule has 2 aromatic heterocycles. The van der Waals surface area contributed by atoms with Gasteiger partial charge in [0.2, 0.25) is 0 Å². The number of hydrogen-bond acceptors (Lipinski definition) is 6. The molecule has 0 radical (unpaired) electrons. The van der Waals surface area contributed by atoms with Crippen molar-refractivity contribution >= 4 is 45.6 Å². The minimum atomic E-state index is -0.587. The summed E-state index contributed by atoms with van der Waals surface area (Å²) in [7, 11) is 0. The van der Waals surface area contributed by atoms with Crippen molar-refractivity contribution in [1.82, 2.24) is 19.8 Å². The molecule has 10 nitrogen and oxygen atoms in total. The first-order valence-corrected chi connectivity index (χ1v) is 17.8. The number of aromatic amines is 2. The van der Waals surface area contributed by atoms with E-state index in [1.807, 2.05) is 60.7 Å². The lowest BCUT2D eigenvalue weighted by Gasteiger charge is -2.23. The molecule has 276 valence electrons. The van der Waals surface area contributed by atoms with Crippen molar-refractivity contribution in [1.29, 1.82) is 0 Å². The number of nitrogens with zero attached hydrogens (tertiary/aromatic N) is 2. The van der Waals surface area contributed by atoms with E-state index in [1.54, 1.807) is 24.5 Å². The number of nitrogens with one attached hydrogen (secondary N) is 2. The molecule has 2 aliphatic heterocycles. The Morgan fingerprint density at radius 1 is 0.593 bits per heavy atom. The lowest BCUT2D eigenvalue weighted by molar-refractivity contribution is 0.0739. The van der Waals surface area contributed by atoms with Crippen LogP contribution in [0.4, 0.5) is 18.4 Å². The summed E-state index contributed by atoms with van der Waals surface area (Å²) in [5.74, 6) is -1.19. The molecule has 4 heterocycles. The van der Waals surface area contributed by atoms with Gasteiger partial charge in [-0.1, -0.05) is 60.7 Å². The summed E-state index contributed by atoms with van der Waals surface area (Å²) < 4.78 is 37.9. The molecule has 0 saturated carbocycles. The smallest absolute Gasteiger partial charge is 0.410 e. The van der Waals surface area contributed by atoms with Crippen molar-refractivity contribution in [3.63, 3.8) is 0 Å². The van der Waals surface area contributed by atoms with Crippen LogP contribution < -0.4 is 0 Å². The average Bonchev–Trinajstić information content (AvgIpc) is 4.03. The highest BCUT2D eigenvalue weighted by Crippen LogP contribution is 2.29. The lowest BCUT2D eigenvalue weighted by Crippen LogP contribution is -2.40. The summed E-state index contributed by atoms with van der Waals surface area (Å²) in [6, 6.07) is 26.2. The number of benzene rings is 4. The number of ketones is 2. The molecule has 54 heavy (non-hydrogen) atoms. The van der Waals surface area contributed by atoms with Crippen LogP contribution in [0.15, 0.2) is 109 Å². The summed E-state index contributed by atoms with van der Waals surface area (Å²) in [5.41, 5.74) is 3.96. The predicted octanol–water partition coefficient (Wildman–Crippen LogP) is 8.58. The van der Waals surface area contributed by atoms with E-state index in [9.17, 15) is 28.0 Å². The summed E-state index contributed by atoms with van der Waals surface area (Å²) in [4.78, 5) is 60.0. The molecule has 2 fully saturated rings. The zero-order chi connectivity index (χ0) is 37.6. The predicted molar refractivity (Wildman–Crippen MR) is 198 cm³/mol. The molecule has 2 aliphatic rings. The van der Waals surface area contributed by atoms with Crippen LogP contribution in [0.3, 0.4) is 0 Å². The van der Waals surface area contributed by atoms with E-state index in [2.05, 4.69) is 9.97 Å². The summed E-state index contributed by atoms with van der Waals surface area (Å²) >= 11 is 0. The number of rotatable bonds is 8. The van der Waals surface area contributed by atoms with Gasteiger partial charge >= 0.3 is 12.2 Å². The van der Waals surface area contributed by atoms with Gasteiger partial charge in [0.1, 0.15) is 24.8 Å². The highest BCUT2D eigenvalue weighted by atomic mass is 19.1. The first-order valence-electron chi connectivity index (χ1n) is 17.8. The maximum Gasteiger partial charge on any atom is 0.410 e. The number of carbonyl (C=O) groups is 4. The minimum Gasteiger partial charge on any atom is -0.445 e. The van der Waals surface area contributed by atoms with Crippen LogP contribution >= 0.6 is 0 Å². The van der Waals surface area contributed by atoms with Crippen molar-refractivity contribution in [3.05, 3.63) is 143 Å². The molecule has 2 amide bonds. The number of hydrogen-bond donors (Lipinski definition) is 2. The Morgan fingerprint density at radius 3 is 1.41 bits per heavy atom. The highest BCUT2D eigenvalue weighted by Gasteiger charge is 2.37. The van der Waals surface area contributed by atoms with E-state index in [0.717, 1.165) is 24.0 Å². The molecule has 0 unspecified atom stereocenters. The Balaban J connectivity index is 0.000000167. The molecule has 8 rings (SSSR count). The van der Waals surface area contributed by atoms with Gasteiger partial charge < -0.3 is 19.4 Å². The van der Waals surface area contributed by atoms with Crippen molar-refractivity contribution in [2.75, 3.05) is 13.1 Å². The van der Waals surface area contributed by atoms with Crippen LogP contribution in [0.1, 0.15) is 57.5 Å². The fourth-order valence-corrected chi connectivity index (χ4v) is 7.07. The molecular weight excluding hydrogens is 694 g/mol. The zero-order valence-electron chi connectivity index (χ0n) is 29.3. The van der Waals surface area contributed by atoms with Crippen LogP contribution in [0.5, 0.6) is 0 Å². The van der Waals surface area contributed by atoms with Crippen LogP contribution in [0.25, 0.3) is 21.8 Å². The molecule has 0 aliphatic carbocycles. The van der Waals surface area contributed by atoms with Gasteiger partial charge in [-0.05, 0) is 73.2 Å². The van der Waals surface area contributed by atoms with E-state index in [1.165, 1.54) is 34.1 Å². The Kier molecular flexibility index (Phi) is 10.8. The van der Waals surface area contributed by atoms with Gasteiger partial charge in [0.15, 0.2) is 11.6 Å². The largest absolute Gasteiger partial charge is 0.445 e. The topological polar surface area (TPSA) is 125 Å². The molecule has 0 spiro atoms. The number of likely N-dealkylation sites (tertiary alicyclic amines) is 2. The monoisotopic (exact) mass is 732 g/mol. The molecule has 6 aromatic rings. The molecule has 12 heteroatoms. The molecule has 2 N–H and O–H groups in total. The third kappa shape index (κ3) is 7.87. The van der Waals surface area contributed by atoms with Crippen molar-refractivity contribution in [2.24, 2.45) is 0 Å². The van der Waals surface area contributed by atoms with Gasteiger partial charge in [-0.2, -0.15) is 0 Å². The van der Waals surface area contributed by atoms with Crippen molar-refractivity contribution < 1.29 is 37.4 Å². The Morgan fingerprint density at radius 2 is 1.00 bits per heavy atom. The van der Waals surface area contributed by atoms with Crippen molar-refractivity contribution in [2.45, 2.75) is 51.0 Å². The molecule has 2 atom stereocenters. The molecule has 4 aromatic carbocycles. The number of aromatic nitrogens is 2. The fraction of sp³-hybridized carbons (Fsp3) is 0.238. The maximum atomic E-state index is 13.6. The SMILES string of the molecule is O=C(c1c[nH]c2ccc(F)cc12)[C@H]1CCCN1C(=O)OCc1ccccc1.O=C(c1c[nH]c2ccc(F)cc12)[C@H]1CCCN1C(=O)OCc1ccccc1. The van der Waals surface area contributed by atoms with Gasteiger partial charge in [-0.15, -0.1) is 0 Å². The van der Waals surface area contributed by atoms with E-state index in [0.29, 0.717) is 58.9 Å². The average molecular weight is 733 g/mol. The van der Waals surface area contributed by atoms with Gasteiger partial charge in [-0.25, -0.2) is 18.4 Å². The van der Waals surface area contributed by atoms with Gasteiger partial charge in [-0.3, -0.25) is 19.4 Å². The minimum absolute atomic E-state index is 0.162.